The van der Waals surface area contributed by atoms with Gasteiger partial charge in [-0.2, -0.15) is 0 Å². The molecule has 0 aliphatic heterocycles. The summed E-state index contributed by atoms with van der Waals surface area (Å²) >= 11 is 5.97. The molecule has 0 saturated carbocycles. The van der Waals surface area contributed by atoms with E-state index in [-0.39, 0.29) is 5.97 Å². The Balaban J connectivity index is 2.49. The quantitative estimate of drug-likeness (QED) is 0.589. The lowest BCUT2D eigenvalue weighted by molar-refractivity contribution is -0.140. The molecule has 4 nitrogen and oxygen atoms in total. The number of carbonyl (C=O) groups is 1. The minimum absolute atomic E-state index is 0.215. The third kappa shape index (κ3) is 5.94. The second-order valence-electron chi connectivity index (χ2n) is 4.06. The maximum absolute atomic E-state index is 11.0. The van der Waals surface area contributed by atoms with Crippen LogP contribution in [0.3, 0.4) is 0 Å². The lowest BCUT2D eigenvalue weighted by atomic mass is 10.2. The van der Waals surface area contributed by atoms with Gasteiger partial charge in [0.25, 0.3) is 0 Å². The van der Waals surface area contributed by atoms with Crippen molar-refractivity contribution in [2.24, 2.45) is 0 Å². The van der Waals surface area contributed by atoms with Gasteiger partial charge in [-0.15, -0.1) is 0 Å². The summed E-state index contributed by atoms with van der Waals surface area (Å²) in [6.45, 7) is 4.12. The van der Waals surface area contributed by atoms with Gasteiger partial charge in [0.1, 0.15) is 5.75 Å². The van der Waals surface area contributed by atoms with E-state index in [0.29, 0.717) is 31.0 Å². The van der Waals surface area contributed by atoms with E-state index in [1.54, 1.807) is 6.07 Å². The number of nitrogens with one attached hydrogen (secondary N) is 1. The highest BCUT2D eigenvalue weighted by Crippen LogP contribution is 2.23. The molecule has 1 rings (SSSR count). The highest BCUT2D eigenvalue weighted by molar-refractivity contribution is 6.30. The first-order valence-electron chi connectivity index (χ1n) is 6.36. The average Bonchev–Trinajstić information content (AvgIpc) is 2.42. The maximum Gasteiger partial charge on any atom is 0.305 e. The van der Waals surface area contributed by atoms with Gasteiger partial charge in [-0.25, -0.2) is 0 Å². The van der Waals surface area contributed by atoms with Gasteiger partial charge in [0.05, 0.1) is 13.7 Å². The summed E-state index contributed by atoms with van der Waals surface area (Å²) in [6, 6.07) is 5.54. The lowest BCUT2D eigenvalue weighted by Gasteiger charge is -2.12. The van der Waals surface area contributed by atoms with Gasteiger partial charge in [0.2, 0.25) is 0 Å². The van der Waals surface area contributed by atoms with E-state index in [9.17, 15) is 4.79 Å². The molecule has 0 fully saturated rings. The summed E-state index contributed by atoms with van der Waals surface area (Å²) in [4.78, 5) is 11.0. The fraction of sp³-hybridized carbons (Fsp3) is 0.500. The Morgan fingerprint density at radius 2 is 2.21 bits per heavy atom. The topological polar surface area (TPSA) is 47.6 Å². The van der Waals surface area contributed by atoms with Crippen molar-refractivity contribution < 1.29 is 14.3 Å². The summed E-state index contributed by atoms with van der Waals surface area (Å²) in [5.41, 5.74) is 1.02. The maximum atomic E-state index is 11.0. The minimum Gasteiger partial charge on any atom is -0.493 e. The monoisotopic (exact) mass is 285 g/mol. The van der Waals surface area contributed by atoms with E-state index in [4.69, 9.17) is 16.3 Å². The average molecular weight is 286 g/mol. The van der Waals surface area contributed by atoms with E-state index in [1.807, 2.05) is 19.1 Å². The zero-order valence-corrected chi connectivity index (χ0v) is 12.1. The number of methoxy groups -OCH3 is 1. The molecule has 19 heavy (non-hydrogen) atoms. The van der Waals surface area contributed by atoms with Crippen LogP contribution in [0.1, 0.15) is 25.3 Å². The molecule has 0 amide bonds. The fourth-order valence-corrected chi connectivity index (χ4v) is 1.78. The van der Waals surface area contributed by atoms with Crippen molar-refractivity contribution in [2.45, 2.75) is 26.3 Å². The van der Waals surface area contributed by atoms with Gasteiger partial charge >= 0.3 is 5.97 Å². The molecule has 1 aromatic carbocycles. The molecule has 0 bridgehead atoms. The Kier molecular flexibility index (Phi) is 7.30. The molecule has 0 saturated heterocycles. The molecular formula is C14H20ClNO3. The second kappa shape index (κ2) is 8.77. The predicted octanol–water partition coefficient (Wildman–Crippen LogP) is 2.78. The first-order chi connectivity index (χ1) is 9.17. The number of hydrogen-bond donors (Lipinski definition) is 1. The zero-order valence-electron chi connectivity index (χ0n) is 11.4. The molecule has 0 atom stereocenters. The van der Waals surface area contributed by atoms with Gasteiger partial charge in [-0.05, 0) is 31.2 Å². The molecule has 0 spiro atoms. The number of halogens is 1. The van der Waals surface area contributed by atoms with Crippen LogP contribution in [0.25, 0.3) is 0 Å². The summed E-state index contributed by atoms with van der Waals surface area (Å²) in [7, 11) is 1.39. The van der Waals surface area contributed by atoms with Crippen molar-refractivity contribution in [3.63, 3.8) is 0 Å². The van der Waals surface area contributed by atoms with Crippen LogP contribution in [-0.2, 0) is 16.1 Å². The number of esters is 1. The Morgan fingerprint density at radius 1 is 1.42 bits per heavy atom. The van der Waals surface area contributed by atoms with Gasteiger partial charge in [0.15, 0.2) is 0 Å². The molecular weight excluding hydrogens is 266 g/mol. The highest BCUT2D eigenvalue weighted by atomic mass is 35.5. The first-order valence-corrected chi connectivity index (χ1v) is 6.74. The highest BCUT2D eigenvalue weighted by Gasteiger charge is 2.05. The summed E-state index contributed by atoms with van der Waals surface area (Å²) in [5.74, 6) is 0.586. The first kappa shape index (κ1) is 15.8. The van der Waals surface area contributed by atoms with Crippen LogP contribution in [0.2, 0.25) is 5.02 Å². The van der Waals surface area contributed by atoms with Crippen molar-refractivity contribution >= 4 is 17.6 Å². The standard InChI is InChI=1S/C14H20ClNO3/c1-3-16-10-11-9-12(15)6-7-13(11)19-8-4-5-14(17)18-2/h6-7,9,16H,3-5,8,10H2,1-2H3. The number of rotatable bonds is 8. The number of hydrogen-bond acceptors (Lipinski definition) is 4. The Labute approximate surface area is 119 Å². The van der Waals surface area contributed by atoms with Crippen LogP contribution < -0.4 is 10.1 Å². The van der Waals surface area contributed by atoms with Crippen LogP contribution in [0, 0.1) is 0 Å². The van der Waals surface area contributed by atoms with E-state index < -0.39 is 0 Å². The van der Waals surface area contributed by atoms with Crippen LogP contribution in [0.5, 0.6) is 5.75 Å². The normalized spacial score (nSPS) is 10.3. The largest absolute Gasteiger partial charge is 0.493 e. The van der Waals surface area contributed by atoms with Crippen LogP contribution >= 0.6 is 11.6 Å². The fourth-order valence-electron chi connectivity index (χ4n) is 1.59. The zero-order chi connectivity index (χ0) is 14.1. The molecule has 1 N–H and O–H groups in total. The van der Waals surface area contributed by atoms with Crippen molar-refractivity contribution in [1.29, 1.82) is 0 Å². The smallest absolute Gasteiger partial charge is 0.305 e. The third-order valence-corrected chi connectivity index (χ3v) is 2.83. The molecule has 0 aromatic heterocycles. The van der Waals surface area contributed by atoms with Gasteiger partial charge in [-0.1, -0.05) is 18.5 Å². The predicted molar refractivity (Wildman–Crippen MR) is 75.6 cm³/mol. The van der Waals surface area contributed by atoms with Crippen LogP contribution in [0.15, 0.2) is 18.2 Å². The van der Waals surface area contributed by atoms with Gasteiger partial charge in [-0.3, -0.25) is 4.79 Å². The van der Waals surface area contributed by atoms with E-state index in [0.717, 1.165) is 17.9 Å². The molecule has 106 valence electrons. The van der Waals surface area contributed by atoms with Gasteiger partial charge < -0.3 is 14.8 Å². The SMILES string of the molecule is CCNCc1cc(Cl)ccc1OCCCC(=O)OC. The van der Waals surface area contributed by atoms with E-state index in [2.05, 4.69) is 10.1 Å². The summed E-state index contributed by atoms with van der Waals surface area (Å²) in [5, 5.41) is 3.93. The number of benzene rings is 1. The Morgan fingerprint density at radius 3 is 2.89 bits per heavy atom. The van der Waals surface area contributed by atoms with Crippen molar-refractivity contribution in [1.82, 2.24) is 5.32 Å². The van der Waals surface area contributed by atoms with Gasteiger partial charge in [0, 0.05) is 23.6 Å². The molecule has 0 heterocycles. The van der Waals surface area contributed by atoms with Crippen LogP contribution in [0.4, 0.5) is 0 Å². The van der Waals surface area contributed by atoms with Crippen molar-refractivity contribution in [3.8, 4) is 5.75 Å². The summed E-state index contributed by atoms with van der Waals surface area (Å²) < 4.78 is 10.3. The Bertz CT molecular complexity index is 410. The minimum atomic E-state index is -0.215. The number of carbonyl (C=O) groups excluding carboxylic acids is 1. The van der Waals surface area contributed by atoms with Crippen molar-refractivity contribution in [2.75, 3.05) is 20.3 Å². The second-order valence-corrected chi connectivity index (χ2v) is 4.50. The number of ether oxygens (including phenoxy) is 2. The molecule has 0 aliphatic carbocycles. The molecule has 0 aliphatic rings. The molecule has 0 radical (unpaired) electrons. The summed E-state index contributed by atoms with van der Waals surface area (Å²) in [6.07, 6.45) is 1.00. The third-order valence-electron chi connectivity index (χ3n) is 2.60. The Hall–Kier alpha value is -1.26. The molecule has 0 unspecified atom stereocenters. The van der Waals surface area contributed by atoms with E-state index >= 15 is 0 Å². The molecule has 1 aromatic rings. The van der Waals surface area contributed by atoms with E-state index in [1.165, 1.54) is 7.11 Å². The molecule has 5 heteroatoms. The lowest BCUT2D eigenvalue weighted by Crippen LogP contribution is -2.13. The van der Waals surface area contributed by atoms with Crippen LogP contribution in [-0.4, -0.2) is 26.2 Å². The van der Waals surface area contributed by atoms with Crippen molar-refractivity contribution in [3.05, 3.63) is 28.8 Å².